The largest absolute Gasteiger partial charge is 0.480 e. The Hall–Kier alpha value is -2.89. The summed E-state index contributed by atoms with van der Waals surface area (Å²) in [6, 6.07) is 13.7. The van der Waals surface area contributed by atoms with Gasteiger partial charge in [0.2, 0.25) is 0 Å². The summed E-state index contributed by atoms with van der Waals surface area (Å²) in [6.07, 6.45) is -0.00498. The Morgan fingerprint density at radius 3 is 2.75 bits per heavy atom. The molecule has 24 heavy (non-hydrogen) atoms. The third-order valence-corrected chi connectivity index (χ3v) is 4.41. The second-order valence-corrected chi connectivity index (χ2v) is 5.90. The fraction of sp³-hybridized carbons (Fsp3) is 0.278. The van der Waals surface area contributed by atoms with Gasteiger partial charge < -0.3 is 9.64 Å². The van der Waals surface area contributed by atoms with Gasteiger partial charge in [0.15, 0.2) is 6.10 Å². The zero-order valence-electron chi connectivity index (χ0n) is 13.5. The van der Waals surface area contributed by atoms with Crippen LogP contribution in [0.2, 0.25) is 0 Å². The molecular formula is C18H18N2O4. The number of fused-ring (bicyclic) bond motifs is 1. The molecule has 1 aliphatic rings. The average molecular weight is 326 g/mol. The Labute approximate surface area is 139 Å². The minimum atomic E-state index is -0.548. The monoisotopic (exact) mass is 326 g/mol. The van der Waals surface area contributed by atoms with E-state index < -0.39 is 11.0 Å². The number of amides is 1. The summed E-state index contributed by atoms with van der Waals surface area (Å²) in [6.45, 7) is 1.85. The lowest BCUT2D eigenvalue weighted by Crippen LogP contribution is -2.40. The van der Waals surface area contributed by atoms with Gasteiger partial charge >= 0.3 is 0 Å². The van der Waals surface area contributed by atoms with Crippen molar-refractivity contribution in [3.05, 3.63) is 69.8 Å². The third kappa shape index (κ3) is 2.95. The normalized spacial score (nSPS) is 16.8. The molecule has 1 heterocycles. The van der Waals surface area contributed by atoms with E-state index in [1.807, 2.05) is 31.2 Å². The number of para-hydroxylation sites is 1. The van der Waals surface area contributed by atoms with Crippen LogP contribution in [-0.4, -0.2) is 28.9 Å². The number of hydrogen-bond donors (Lipinski definition) is 0. The van der Waals surface area contributed by atoms with E-state index in [9.17, 15) is 14.9 Å². The molecule has 2 aromatic rings. The van der Waals surface area contributed by atoms with E-state index in [0.717, 1.165) is 16.9 Å². The average Bonchev–Trinajstić information content (AvgIpc) is 3.04. The van der Waals surface area contributed by atoms with Crippen LogP contribution in [0.5, 0.6) is 5.75 Å². The van der Waals surface area contributed by atoms with E-state index in [0.29, 0.717) is 6.42 Å². The summed E-state index contributed by atoms with van der Waals surface area (Å²) < 4.78 is 5.74. The molecule has 0 fully saturated rings. The summed E-state index contributed by atoms with van der Waals surface area (Å²) in [4.78, 5) is 24.8. The fourth-order valence-corrected chi connectivity index (χ4v) is 2.86. The molecule has 6 nitrogen and oxygen atoms in total. The number of rotatable bonds is 4. The molecule has 0 N–H and O–H groups in total. The van der Waals surface area contributed by atoms with Gasteiger partial charge in [-0.2, -0.15) is 0 Å². The molecule has 0 bridgehead atoms. The first kappa shape index (κ1) is 16.0. The number of hydrogen-bond acceptors (Lipinski definition) is 4. The van der Waals surface area contributed by atoms with Crippen LogP contribution >= 0.6 is 0 Å². The molecule has 0 aromatic heterocycles. The van der Waals surface area contributed by atoms with Gasteiger partial charge in [0.05, 0.1) is 11.0 Å². The molecule has 3 rings (SSSR count). The molecule has 2 atom stereocenters. The van der Waals surface area contributed by atoms with Crippen molar-refractivity contribution < 1.29 is 14.5 Å². The smallest absolute Gasteiger partial charge is 0.269 e. The molecule has 0 saturated carbocycles. The predicted octanol–water partition coefficient (Wildman–Crippen LogP) is 3.12. The van der Waals surface area contributed by atoms with E-state index in [-0.39, 0.29) is 17.6 Å². The van der Waals surface area contributed by atoms with Gasteiger partial charge in [-0.1, -0.05) is 30.3 Å². The van der Waals surface area contributed by atoms with Gasteiger partial charge in [0, 0.05) is 25.6 Å². The Kier molecular flexibility index (Phi) is 4.20. The maximum atomic E-state index is 12.7. The topological polar surface area (TPSA) is 72.7 Å². The van der Waals surface area contributed by atoms with Crippen LogP contribution in [0.15, 0.2) is 48.5 Å². The number of likely N-dealkylation sites (N-methyl/N-ethyl adjacent to an activating group) is 1. The lowest BCUT2D eigenvalue weighted by atomic mass is 10.0. The molecule has 1 amide bonds. The summed E-state index contributed by atoms with van der Waals surface area (Å²) in [5.74, 6) is 0.609. The summed E-state index contributed by atoms with van der Waals surface area (Å²) in [5, 5.41) is 10.9. The number of nitro benzene ring substituents is 1. The number of benzene rings is 2. The zero-order valence-corrected chi connectivity index (χ0v) is 13.5. The second-order valence-electron chi connectivity index (χ2n) is 5.90. The first-order valence-corrected chi connectivity index (χ1v) is 7.73. The van der Waals surface area contributed by atoms with Crippen molar-refractivity contribution >= 4 is 11.6 Å². The van der Waals surface area contributed by atoms with Crippen LogP contribution < -0.4 is 4.74 Å². The van der Waals surface area contributed by atoms with Gasteiger partial charge in [-0.15, -0.1) is 0 Å². The number of ether oxygens (including phenoxy) is 1. The molecular weight excluding hydrogens is 308 g/mol. The Balaban J connectivity index is 1.74. The predicted molar refractivity (Wildman–Crippen MR) is 88.8 cm³/mol. The number of carbonyl (C=O) groups is 1. The molecule has 2 aromatic carbocycles. The number of nitrogens with zero attached hydrogens (tertiary/aromatic N) is 2. The van der Waals surface area contributed by atoms with Crippen LogP contribution in [-0.2, 0) is 11.2 Å². The summed E-state index contributed by atoms with van der Waals surface area (Å²) >= 11 is 0. The molecule has 6 heteroatoms. The van der Waals surface area contributed by atoms with Gasteiger partial charge in [-0.3, -0.25) is 14.9 Å². The summed E-state index contributed by atoms with van der Waals surface area (Å²) in [7, 11) is 1.69. The maximum absolute atomic E-state index is 12.7. The van der Waals surface area contributed by atoms with Crippen LogP contribution in [0, 0.1) is 10.1 Å². The second kappa shape index (κ2) is 6.31. The van der Waals surface area contributed by atoms with Crippen LogP contribution in [0.1, 0.15) is 24.1 Å². The Morgan fingerprint density at radius 2 is 2.04 bits per heavy atom. The minimum Gasteiger partial charge on any atom is -0.480 e. The third-order valence-electron chi connectivity index (χ3n) is 4.41. The van der Waals surface area contributed by atoms with Crippen LogP contribution in [0.3, 0.4) is 0 Å². The molecule has 1 aliphatic heterocycles. The fourth-order valence-electron chi connectivity index (χ4n) is 2.86. The van der Waals surface area contributed by atoms with Gasteiger partial charge in [-0.05, 0) is 24.1 Å². The first-order chi connectivity index (χ1) is 11.5. The van der Waals surface area contributed by atoms with E-state index in [1.165, 1.54) is 12.1 Å². The van der Waals surface area contributed by atoms with E-state index in [2.05, 4.69) is 0 Å². The van der Waals surface area contributed by atoms with Crippen molar-refractivity contribution in [1.29, 1.82) is 0 Å². The van der Waals surface area contributed by atoms with Gasteiger partial charge in [-0.25, -0.2) is 0 Å². The van der Waals surface area contributed by atoms with Crippen molar-refractivity contribution in [3.63, 3.8) is 0 Å². The zero-order chi connectivity index (χ0) is 17.3. The number of non-ortho nitro benzene ring substituents is 1. The standard InChI is InChI=1S/C18H18N2O4/c1-12(13-7-5-8-15(10-13)20(22)23)19(2)18(21)17-11-14-6-3-4-9-16(14)24-17/h3-10,12,17H,11H2,1-2H3/t12-,17+/m1/s1. The van der Waals surface area contributed by atoms with Crippen molar-refractivity contribution in [2.45, 2.75) is 25.5 Å². The van der Waals surface area contributed by atoms with Crippen LogP contribution in [0.25, 0.3) is 0 Å². The molecule has 0 aliphatic carbocycles. The van der Waals surface area contributed by atoms with E-state index >= 15 is 0 Å². The van der Waals surface area contributed by atoms with Crippen molar-refractivity contribution in [3.8, 4) is 5.75 Å². The minimum absolute atomic E-state index is 0.0183. The van der Waals surface area contributed by atoms with Gasteiger partial charge in [0.1, 0.15) is 5.75 Å². The van der Waals surface area contributed by atoms with Crippen LogP contribution in [0.4, 0.5) is 5.69 Å². The lowest BCUT2D eigenvalue weighted by Gasteiger charge is -2.27. The van der Waals surface area contributed by atoms with Crippen molar-refractivity contribution in [2.75, 3.05) is 7.05 Å². The maximum Gasteiger partial charge on any atom is 0.269 e. The highest BCUT2D eigenvalue weighted by Crippen LogP contribution is 2.30. The summed E-state index contributed by atoms with van der Waals surface area (Å²) in [5.41, 5.74) is 1.76. The quantitative estimate of drug-likeness (QED) is 0.639. The number of carbonyl (C=O) groups excluding carboxylic acids is 1. The van der Waals surface area contributed by atoms with Gasteiger partial charge in [0.25, 0.3) is 11.6 Å². The molecule has 0 saturated heterocycles. The highest BCUT2D eigenvalue weighted by atomic mass is 16.6. The van der Waals surface area contributed by atoms with Crippen molar-refractivity contribution in [2.24, 2.45) is 0 Å². The SMILES string of the molecule is C[C@H](c1cccc([N+](=O)[O-])c1)N(C)C(=O)[C@@H]1Cc2ccccc2O1. The molecule has 0 radical (unpaired) electrons. The molecule has 0 spiro atoms. The Bertz CT molecular complexity index is 765. The number of nitro groups is 1. The highest BCUT2D eigenvalue weighted by molar-refractivity contribution is 5.82. The van der Waals surface area contributed by atoms with E-state index in [4.69, 9.17) is 4.74 Å². The van der Waals surface area contributed by atoms with Crippen molar-refractivity contribution in [1.82, 2.24) is 4.90 Å². The molecule has 0 unspecified atom stereocenters. The van der Waals surface area contributed by atoms with E-state index in [1.54, 1.807) is 24.1 Å². The molecule has 124 valence electrons. The highest BCUT2D eigenvalue weighted by Gasteiger charge is 2.33. The first-order valence-electron chi connectivity index (χ1n) is 7.73. The Morgan fingerprint density at radius 1 is 1.29 bits per heavy atom. The lowest BCUT2D eigenvalue weighted by molar-refractivity contribution is -0.384.